The number of carbonyl (C=O) groups excluding carboxylic acids is 1. The molecule has 1 saturated heterocycles. The Bertz CT molecular complexity index is 312. The fourth-order valence-corrected chi connectivity index (χ4v) is 3.03. The van der Waals surface area contributed by atoms with Gasteiger partial charge in [-0.1, -0.05) is 40.0 Å². The third-order valence-corrected chi connectivity index (χ3v) is 4.88. The lowest BCUT2D eigenvalue weighted by Gasteiger charge is -2.31. The number of nitrogens with one attached hydrogen (secondary N) is 1. The molecule has 1 aliphatic heterocycles. The van der Waals surface area contributed by atoms with Crippen LogP contribution in [0.1, 0.15) is 59.8 Å². The van der Waals surface area contributed by atoms with E-state index in [4.69, 9.17) is 0 Å². The maximum Gasteiger partial charge on any atom is 0.243 e. The van der Waals surface area contributed by atoms with Crippen LogP contribution < -0.4 is 5.32 Å². The standard InChI is InChI=1S/C15H28N2O/c1-5-15(4)14(18)17(13(16-15)11(2)3)10-9-12-7-6-8-12/h11-13,16H,5-10H2,1-4H3. The van der Waals surface area contributed by atoms with Crippen LogP contribution >= 0.6 is 0 Å². The van der Waals surface area contributed by atoms with Crippen LogP contribution in [-0.4, -0.2) is 29.1 Å². The SMILES string of the molecule is CCC1(C)NC(C(C)C)N(CCC2CCC2)C1=O. The molecule has 1 amide bonds. The van der Waals surface area contributed by atoms with Crippen molar-refractivity contribution in [3.8, 4) is 0 Å². The Morgan fingerprint density at radius 2 is 2.11 bits per heavy atom. The van der Waals surface area contributed by atoms with Gasteiger partial charge in [0.15, 0.2) is 0 Å². The molecule has 0 aromatic rings. The van der Waals surface area contributed by atoms with Gasteiger partial charge in [-0.2, -0.15) is 0 Å². The highest BCUT2D eigenvalue weighted by atomic mass is 16.2. The van der Waals surface area contributed by atoms with E-state index in [0.717, 1.165) is 18.9 Å². The van der Waals surface area contributed by atoms with Gasteiger partial charge in [0.05, 0.1) is 11.7 Å². The Hall–Kier alpha value is -0.570. The summed E-state index contributed by atoms with van der Waals surface area (Å²) in [5.41, 5.74) is -0.339. The van der Waals surface area contributed by atoms with Crippen molar-refractivity contribution < 1.29 is 4.79 Å². The summed E-state index contributed by atoms with van der Waals surface area (Å²) in [5, 5.41) is 3.55. The monoisotopic (exact) mass is 252 g/mol. The molecule has 0 aromatic carbocycles. The molecule has 2 fully saturated rings. The van der Waals surface area contributed by atoms with Crippen LogP contribution in [0.2, 0.25) is 0 Å². The maximum absolute atomic E-state index is 12.6. The molecule has 2 rings (SSSR count). The van der Waals surface area contributed by atoms with E-state index in [2.05, 4.69) is 31.0 Å². The van der Waals surface area contributed by atoms with Crippen molar-refractivity contribution >= 4 is 5.91 Å². The van der Waals surface area contributed by atoms with Gasteiger partial charge in [0.1, 0.15) is 0 Å². The molecule has 0 spiro atoms. The molecule has 0 radical (unpaired) electrons. The number of amides is 1. The molecule has 1 heterocycles. The largest absolute Gasteiger partial charge is 0.325 e. The van der Waals surface area contributed by atoms with Crippen LogP contribution in [0.25, 0.3) is 0 Å². The minimum absolute atomic E-state index is 0.225. The molecule has 1 aliphatic carbocycles. The zero-order chi connectivity index (χ0) is 13.3. The summed E-state index contributed by atoms with van der Waals surface area (Å²) in [5.74, 6) is 1.66. The van der Waals surface area contributed by atoms with Crippen LogP contribution in [-0.2, 0) is 4.79 Å². The van der Waals surface area contributed by atoms with Crippen molar-refractivity contribution in [3.05, 3.63) is 0 Å². The van der Waals surface area contributed by atoms with E-state index in [1.165, 1.54) is 25.7 Å². The highest BCUT2D eigenvalue weighted by Crippen LogP contribution is 2.32. The summed E-state index contributed by atoms with van der Waals surface area (Å²) in [4.78, 5) is 14.7. The summed E-state index contributed by atoms with van der Waals surface area (Å²) < 4.78 is 0. The number of hydrogen-bond donors (Lipinski definition) is 1. The lowest BCUT2D eigenvalue weighted by molar-refractivity contribution is -0.133. The smallest absolute Gasteiger partial charge is 0.243 e. The average Bonchev–Trinajstić information content (AvgIpc) is 2.52. The zero-order valence-corrected chi connectivity index (χ0v) is 12.3. The Morgan fingerprint density at radius 3 is 2.56 bits per heavy atom. The molecule has 1 saturated carbocycles. The maximum atomic E-state index is 12.6. The summed E-state index contributed by atoms with van der Waals surface area (Å²) in [6.07, 6.45) is 6.41. The first kappa shape index (κ1) is 13.9. The number of hydrogen-bond acceptors (Lipinski definition) is 2. The van der Waals surface area contributed by atoms with Gasteiger partial charge in [0.25, 0.3) is 0 Å². The molecular weight excluding hydrogens is 224 g/mol. The molecule has 3 nitrogen and oxygen atoms in total. The van der Waals surface area contributed by atoms with Gasteiger partial charge in [-0.15, -0.1) is 0 Å². The number of carbonyl (C=O) groups is 1. The van der Waals surface area contributed by atoms with Crippen molar-refractivity contribution in [1.82, 2.24) is 10.2 Å². The van der Waals surface area contributed by atoms with Crippen LogP contribution in [0.3, 0.4) is 0 Å². The van der Waals surface area contributed by atoms with Crippen LogP contribution in [0.4, 0.5) is 0 Å². The quantitative estimate of drug-likeness (QED) is 0.816. The van der Waals surface area contributed by atoms with E-state index in [9.17, 15) is 4.79 Å². The van der Waals surface area contributed by atoms with E-state index in [1.807, 2.05) is 6.92 Å². The Morgan fingerprint density at radius 1 is 1.44 bits per heavy atom. The van der Waals surface area contributed by atoms with Gasteiger partial charge in [-0.05, 0) is 31.6 Å². The van der Waals surface area contributed by atoms with Crippen molar-refractivity contribution in [1.29, 1.82) is 0 Å². The van der Waals surface area contributed by atoms with Crippen molar-refractivity contribution in [2.75, 3.05) is 6.54 Å². The first-order valence-corrected chi connectivity index (χ1v) is 7.56. The number of rotatable bonds is 5. The van der Waals surface area contributed by atoms with Gasteiger partial charge in [0.2, 0.25) is 5.91 Å². The molecule has 2 aliphatic rings. The van der Waals surface area contributed by atoms with Crippen molar-refractivity contribution in [3.63, 3.8) is 0 Å². The van der Waals surface area contributed by atoms with Gasteiger partial charge in [-0.25, -0.2) is 0 Å². The van der Waals surface area contributed by atoms with Gasteiger partial charge in [0, 0.05) is 6.54 Å². The molecule has 2 unspecified atom stereocenters. The fourth-order valence-electron chi connectivity index (χ4n) is 3.03. The Balaban J connectivity index is 2.01. The topological polar surface area (TPSA) is 32.3 Å². The lowest BCUT2D eigenvalue weighted by Crippen LogP contribution is -2.45. The fraction of sp³-hybridized carbons (Fsp3) is 0.933. The molecule has 0 aromatic heterocycles. The third-order valence-electron chi connectivity index (χ3n) is 4.88. The molecule has 1 N–H and O–H groups in total. The van der Waals surface area contributed by atoms with Gasteiger partial charge in [-0.3, -0.25) is 10.1 Å². The highest BCUT2D eigenvalue weighted by molar-refractivity contribution is 5.88. The summed E-state index contributed by atoms with van der Waals surface area (Å²) in [6.45, 7) is 9.48. The molecule has 3 heteroatoms. The molecular formula is C15H28N2O. The Kier molecular flexibility index (Phi) is 4.00. The first-order valence-electron chi connectivity index (χ1n) is 7.56. The van der Waals surface area contributed by atoms with E-state index < -0.39 is 0 Å². The first-order chi connectivity index (χ1) is 8.48. The minimum atomic E-state index is -0.339. The predicted molar refractivity (Wildman–Crippen MR) is 74.1 cm³/mol. The predicted octanol–water partition coefficient (Wildman–Crippen LogP) is 2.76. The average molecular weight is 252 g/mol. The van der Waals surface area contributed by atoms with Gasteiger partial charge >= 0.3 is 0 Å². The molecule has 18 heavy (non-hydrogen) atoms. The normalized spacial score (nSPS) is 33.3. The molecule has 0 bridgehead atoms. The minimum Gasteiger partial charge on any atom is -0.325 e. The summed E-state index contributed by atoms with van der Waals surface area (Å²) in [7, 11) is 0. The van der Waals surface area contributed by atoms with Crippen LogP contribution in [0.15, 0.2) is 0 Å². The lowest BCUT2D eigenvalue weighted by atomic mass is 9.83. The van der Waals surface area contributed by atoms with E-state index in [-0.39, 0.29) is 11.7 Å². The van der Waals surface area contributed by atoms with E-state index >= 15 is 0 Å². The van der Waals surface area contributed by atoms with E-state index in [1.54, 1.807) is 0 Å². The highest BCUT2D eigenvalue weighted by Gasteiger charge is 2.47. The van der Waals surface area contributed by atoms with Gasteiger partial charge < -0.3 is 4.90 Å². The molecule has 104 valence electrons. The zero-order valence-electron chi connectivity index (χ0n) is 12.3. The van der Waals surface area contributed by atoms with Crippen molar-refractivity contribution in [2.45, 2.75) is 71.5 Å². The van der Waals surface area contributed by atoms with Crippen LogP contribution in [0, 0.1) is 11.8 Å². The second-order valence-corrected chi connectivity index (χ2v) is 6.60. The Labute approximate surface area is 111 Å². The number of nitrogens with zero attached hydrogens (tertiary/aromatic N) is 1. The second kappa shape index (κ2) is 5.20. The summed E-state index contributed by atoms with van der Waals surface area (Å²) >= 11 is 0. The third kappa shape index (κ3) is 2.42. The second-order valence-electron chi connectivity index (χ2n) is 6.60. The summed E-state index contributed by atoms with van der Waals surface area (Å²) in [6, 6.07) is 0. The van der Waals surface area contributed by atoms with Crippen molar-refractivity contribution in [2.24, 2.45) is 11.8 Å². The van der Waals surface area contributed by atoms with E-state index in [0.29, 0.717) is 11.8 Å². The molecule has 2 atom stereocenters. The van der Waals surface area contributed by atoms with Crippen LogP contribution in [0.5, 0.6) is 0 Å².